The van der Waals surface area contributed by atoms with Gasteiger partial charge in [-0.15, -0.1) is 0 Å². The van der Waals surface area contributed by atoms with Crippen molar-refractivity contribution in [2.45, 2.75) is 26.8 Å². The van der Waals surface area contributed by atoms with Gasteiger partial charge in [0.1, 0.15) is 0 Å². The van der Waals surface area contributed by atoms with Gasteiger partial charge in [0.2, 0.25) is 0 Å². The summed E-state index contributed by atoms with van der Waals surface area (Å²) in [5.74, 6) is 0. The minimum Gasteiger partial charge on any atom is -0.310 e. The zero-order chi connectivity index (χ0) is 8.97. The first-order valence-electron chi connectivity index (χ1n) is 4.54. The maximum atomic E-state index is 3.40. The van der Waals surface area contributed by atoms with Crippen molar-refractivity contribution in [3.63, 3.8) is 0 Å². The molecule has 0 heterocycles. The van der Waals surface area contributed by atoms with Crippen LogP contribution < -0.4 is 5.32 Å². The number of aryl methyl sites for hydroxylation is 1. The highest BCUT2D eigenvalue weighted by Crippen LogP contribution is 2.15. The Balaban J connectivity index is 2.79. The lowest BCUT2D eigenvalue weighted by molar-refractivity contribution is 0.595. The first kappa shape index (κ1) is 9.27. The highest BCUT2D eigenvalue weighted by Gasteiger charge is 2.04. The molecule has 0 amide bonds. The Morgan fingerprint density at radius 1 is 1.33 bits per heavy atom. The Kier molecular flexibility index (Phi) is 3.30. The molecule has 0 unspecified atom stereocenters. The number of rotatable bonds is 3. The minimum atomic E-state index is 0.469. The van der Waals surface area contributed by atoms with Crippen LogP contribution in [0, 0.1) is 6.92 Å². The summed E-state index contributed by atoms with van der Waals surface area (Å²) >= 11 is 0. The smallest absolute Gasteiger partial charge is 0.0294 e. The molecule has 1 heteroatoms. The standard InChI is InChI=1S/C11H17N/c1-4-12-10(3)11-8-6-5-7-9(11)2/h5-8,10,12H,4H2,1-3H3/t10-/m1/s1. The molecule has 1 rings (SSSR count). The molecule has 0 spiro atoms. The van der Waals surface area contributed by atoms with E-state index >= 15 is 0 Å². The van der Waals surface area contributed by atoms with Crippen LogP contribution in [-0.4, -0.2) is 6.54 Å². The third-order valence-corrected chi connectivity index (χ3v) is 2.17. The van der Waals surface area contributed by atoms with Gasteiger partial charge in [0.15, 0.2) is 0 Å². The fourth-order valence-electron chi connectivity index (χ4n) is 1.49. The summed E-state index contributed by atoms with van der Waals surface area (Å²) in [6, 6.07) is 8.98. The Morgan fingerprint density at radius 2 is 2.00 bits per heavy atom. The number of hydrogen-bond acceptors (Lipinski definition) is 1. The van der Waals surface area contributed by atoms with E-state index in [1.165, 1.54) is 11.1 Å². The Hall–Kier alpha value is -0.820. The van der Waals surface area contributed by atoms with Gasteiger partial charge in [-0.1, -0.05) is 31.2 Å². The molecule has 0 aromatic heterocycles. The van der Waals surface area contributed by atoms with Crippen molar-refractivity contribution in [1.82, 2.24) is 5.32 Å². The second kappa shape index (κ2) is 4.27. The average molecular weight is 163 g/mol. The van der Waals surface area contributed by atoms with E-state index in [4.69, 9.17) is 0 Å². The lowest BCUT2D eigenvalue weighted by atomic mass is 10.0. The van der Waals surface area contributed by atoms with Crippen LogP contribution in [0.3, 0.4) is 0 Å². The molecule has 1 nitrogen and oxygen atoms in total. The van der Waals surface area contributed by atoms with Gasteiger partial charge in [-0.3, -0.25) is 0 Å². The molecule has 0 radical (unpaired) electrons. The molecule has 1 aromatic carbocycles. The van der Waals surface area contributed by atoms with Crippen LogP contribution in [0.4, 0.5) is 0 Å². The van der Waals surface area contributed by atoms with Crippen molar-refractivity contribution in [3.8, 4) is 0 Å². The first-order valence-corrected chi connectivity index (χ1v) is 4.54. The van der Waals surface area contributed by atoms with Crippen molar-refractivity contribution in [1.29, 1.82) is 0 Å². The SMILES string of the molecule is CCN[C@H](C)c1ccccc1C. The van der Waals surface area contributed by atoms with Crippen molar-refractivity contribution < 1.29 is 0 Å². The second-order valence-electron chi connectivity index (χ2n) is 3.14. The van der Waals surface area contributed by atoms with E-state index in [1.54, 1.807) is 0 Å². The van der Waals surface area contributed by atoms with Gasteiger partial charge in [0, 0.05) is 6.04 Å². The van der Waals surface area contributed by atoms with E-state index in [2.05, 4.69) is 50.4 Å². The quantitative estimate of drug-likeness (QED) is 0.722. The molecule has 0 fully saturated rings. The zero-order valence-corrected chi connectivity index (χ0v) is 8.09. The molecule has 0 aliphatic rings. The van der Waals surface area contributed by atoms with Crippen LogP contribution in [0.25, 0.3) is 0 Å². The van der Waals surface area contributed by atoms with Gasteiger partial charge in [-0.2, -0.15) is 0 Å². The Bertz CT molecular complexity index is 243. The average Bonchev–Trinajstić information content (AvgIpc) is 2.05. The monoisotopic (exact) mass is 163 g/mol. The summed E-state index contributed by atoms with van der Waals surface area (Å²) in [5.41, 5.74) is 2.77. The molecule has 0 saturated heterocycles. The summed E-state index contributed by atoms with van der Waals surface area (Å²) in [6.45, 7) is 7.51. The van der Waals surface area contributed by atoms with Gasteiger partial charge in [0.25, 0.3) is 0 Å². The molecule has 0 saturated carbocycles. The highest BCUT2D eigenvalue weighted by molar-refractivity contribution is 5.28. The maximum Gasteiger partial charge on any atom is 0.0294 e. The molecule has 0 aliphatic carbocycles. The molecule has 1 atom stereocenters. The highest BCUT2D eigenvalue weighted by atomic mass is 14.9. The van der Waals surface area contributed by atoms with E-state index < -0.39 is 0 Å². The lowest BCUT2D eigenvalue weighted by Crippen LogP contribution is -2.18. The molecule has 1 N–H and O–H groups in total. The molecule has 0 aliphatic heterocycles. The minimum absolute atomic E-state index is 0.469. The number of hydrogen-bond donors (Lipinski definition) is 1. The number of benzene rings is 1. The summed E-state index contributed by atoms with van der Waals surface area (Å²) in [4.78, 5) is 0. The molecule has 1 aromatic rings. The predicted octanol–water partition coefficient (Wildman–Crippen LogP) is 2.67. The normalized spacial score (nSPS) is 12.9. The summed E-state index contributed by atoms with van der Waals surface area (Å²) in [7, 11) is 0. The second-order valence-corrected chi connectivity index (χ2v) is 3.14. The topological polar surface area (TPSA) is 12.0 Å². The van der Waals surface area contributed by atoms with Gasteiger partial charge in [-0.05, 0) is 31.5 Å². The van der Waals surface area contributed by atoms with E-state index in [1.807, 2.05) is 0 Å². The third kappa shape index (κ3) is 2.08. The van der Waals surface area contributed by atoms with Gasteiger partial charge in [-0.25, -0.2) is 0 Å². The van der Waals surface area contributed by atoms with Crippen LogP contribution in [0.15, 0.2) is 24.3 Å². The van der Waals surface area contributed by atoms with Crippen LogP contribution in [0.2, 0.25) is 0 Å². The Morgan fingerprint density at radius 3 is 2.58 bits per heavy atom. The van der Waals surface area contributed by atoms with Crippen molar-refractivity contribution >= 4 is 0 Å². The fraction of sp³-hybridized carbons (Fsp3) is 0.455. The van der Waals surface area contributed by atoms with Gasteiger partial charge < -0.3 is 5.32 Å². The van der Waals surface area contributed by atoms with Gasteiger partial charge >= 0.3 is 0 Å². The van der Waals surface area contributed by atoms with E-state index in [-0.39, 0.29) is 0 Å². The zero-order valence-electron chi connectivity index (χ0n) is 8.09. The largest absolute Gasteiger partial charge is 0.310 e. The Labute approximate surface area is 74.8 Å². The molecular formula is C11H17N. The van der Waals surface area contributed by atoms with Crippen molar-refractivity contribution in [3.05, 3.63) is 35.4 Å². The van der Waals surface area contributed by atoms with Crippen LogP contribution in [0.5, 0.6) is 0 Å². The maximum absolute atomic E-state index is 3.40. The molecular weight excluding hydrogens is 146 g/mol. The fourth-order valence-corrected chi connectivity index (χ4v) is 1.49. The van der Waals surface area contributed by atoms with E-state index in [9.17, 15) is 0 Å². The summed E-state index contributed by atoms with van der Waals surface area (Å²) < 4.78 is 0. The van der Waals surface area contributed by atoms with Crippen LogP contribution >= 0.6 is 0 Å². The molecule has 12 heavy (non-hydrogen) atoms. The predicted molar refractivity (Wildman–Crippen MR) is 53.3 cm³/mol. The van der Waals surface area contributed by atoms with Crippen LogP contribution in [-0.2, 0) is 0 Å². The van der Waals surface area contributed by atoms with E-state index in [0.29, 0.717) is 6.04 Å². The lowest BCUT2D eigenvalue weighted by Gasteiger charge is -2.14. The summed E-state index contributed by atoms with van der Waals surface area (Å²) in [5, 5.41) is 3.40. The van der Waals surface area contributed by atoms with Crippen molar-refractivity contribution in [2.24, 2.45) is 0 Å². The first-order chi connectivity index (χ1) is 5.75. The third-order valence-electron chi connectivity index (χ3n) is 2.17. The molecule has 66 valence electrons. The van der Waals surface area contributed by atoms with Gasteiger partial charge in [0.05, 0.1) is 0 Å². The van der Waals surface area contributed by atoms with E-state index in [0.717, 1.165) is 6.54 Å². The molecule has 0 bridgehead atoms. The summed E-state index contributed by atoms with van der Waals surface area (Å²) in [6.07, 6.45) is 0. The van der Waals surface area contributed by atoms with Crippen LogP contribution in [0.1, 0.15) is 31.0 Å². The van der Waals surface area contributed by atoms with Crippen molar-refractivity contribution in [2.75, 3.05) is 6.54 Å². The number of nitrogens with one attached hydrogen (secondary N) is 1.